The summed E-state index contributed by atoms with van der Waals surface area (Å²) in [5.41, 5.74) is 1.07. The Morgan fingerprint density at radius 1 is 1.35 bits per heavy atom. The number of unbranched alkanes of at least 4 members (excludes halogenated alkanes) is 1. The molecule has 0 saturated carbocycles. The van der Waals surface area contributed by atoms with Gasteiger partial charge in [-0.1, -0.05) is 37.1 Å². The lowest BCUT2D eigenvalue weighted by Gasteiger charge is -2.18. The van der Waals surface area contributed by atoms with E-state index in [1.165, 1.54) is 0 Å². The molecule has 0 spiro atoms. The van der Waals surface area contributed by atoms with Crippen molar-refractivity contribution in [1.29, 1.82) is 0 Å². The summed E-state index contributed by atoms with van der Waals surface area (Å²) in [6.45, 7) is 3.43. The quantitative estimate of drug-likeness (QED) is 0.804. The maximum atomic E-state index is 11.7. The van der Waals surface area contributed by atoms with E-state index in [4.69, 9.17) is 11.6 Å². The standard InChI is InChI=1S/C13H19ClN2O/c1-3-4-9-15-13(17)16(2)10-11-5-7-12(14)8-6-11/h5-8H,3-4,9-10H2,1-2H3,(H,15,17). The first-order chi connectivity index (χ1) is 8.13. The molecular weight excluding hydrogens is 236 g/mol. The topological polar surface area (TPSA) is 32.3 Å². The van der Waals surface area contributed by atoms with Crippen LogP contribution in [0.3, 0.4) is 0 Å². The van der Waals surface area contributed by atoms with Crippen LogP contribution in [0.15, 0.2) is 24.3 Å². The number of rotatable bonds is 5. The third-order valence-corrected chi connectivity index (χ3v) is 2.74. The Balaban J connectivity index is 2.40. The predicted molar refractivity (Wildman–Crippen MR) is 71.2 cm³/mol. The summed E-state index contributed by atoms with van der Waals surface area (Å²) in [7, 11) is 1.79. The van der Waals surface area contributed by atoms with Crippen molar-refractivity contribution >= 4 is 17.6 Å². The Morgan fingerprint density at radius 2 is 2.00 bits per heavy atom. The monoisotopic (exact) mass is 254 g/mol. The number of carbonyl (C=O) groups is 1. The zero-order valence-corrected chi connectivity index (χ0v) is 11.1. The number of halogens is 1. The van der Waals surface area contributed by atoms with Crippen LogP contribution in [0.1, 0.15) is 25.3 Å². The lowest BCUT2D eigenvalue weighted by atomic mass is 10.2. The molecule has 0 saturated heterocycles. The van der Waals surface area contributed by atoms with Crippen LogP contribution in [0.4, 0.5) is 4.79 Å². The van der Waals surface area contributed by atoms with Crippen molar-refractivity contribution < 1.29 is 4.79 Å². The minimum Gasteiger partial charge on any atom is -0.338 e. The van der Waals surface area contributed by atoms with Gasteiger partial charge >= 0.3 is 6.03 Å². The summed E-state index contributed by atoms with van der Waals surface area (Å²) in [5, 5.41) is 3.59. The second-order valence-corrected chi connectivity index (χ2v) is 4.50. The van der Waals surface area contributed by atoms with Gasteiger partial charge in [-0.3, -0.25) is 0 Å². The molecule has 1 aromatic carbocycles. The molecule has 0 aromatic heterocycles. The molecule has 2 amide bonds. The number of amides is 2. The molecule has 0 bridgehead atoms. The fourth-order valence-electron chi connectivity index (χ4n) is 1.44. The molecule has 1 aromatic rings. The Morgan fingerprint density at radius 3 is 2.59 bits per heavy atom. The van der Waals surface area contributed by atoms with Gasteiger partial charge in [0, 0.05) is 25.2 Å². The highest BCUT2D eigenvalue weighted by Crippen LogP contribution is 2.10. The Bertz CT molecular complexity index is 351. The zero-order chi connectivity index (χ0) is 12.7. The van der Waals surface area contributed by atoms with Crippen LogP contribution in [0.25, 0.3) is 0 Å². The molecule has 94 valence electrons. The van der Waals surface area contributed by atoms with Crippen molar-refractivity contribution in [2.75, 3.05) is 13.6 Å². The number of hydrogen-bond acceptors (Lipinski definition) is 1. The van der Waals surface area contributed by atoms with Crippen LogP contribution in [0.5, 0.6) is 0 Å². The van der Waals surface area contributed by atoms with Crippen LogP contribution in [-0.4, -0.2) is 24.5 Å². The van der Waals surface area contributed by atoms with Crippen molar-refractivity contribution in [1.82, 2.24) is 10.2 Å². The SMILES string of the molecule is CCCCNC(=O)N(C)Cc1ccc(Cl)cc1. The highest BCUT2D eigenvalue weighted by atomic mass is 35.5. The number of benzene rings is 1. The van der Waals surface area contributed by atoms with Crippen LogP contribution in [0.2, 0.25) is 5.02 Å². The molecule has 0 heterocycles. The van der Waals surface area contributed by atoms with Crippen molar-refractivity contribution in [3.05, 3.63) is 34.9 Å². The first-order valence-electron chi connectivity index (χ1n) is 5.87. The van der Waals surface area contributed by atoms with Gasteiger partial charge in [-0.2, -0.15) is 0 Å². The Kier molecular flexibility index (Phi) is 5.84. The first kappa shape index (κ1) is 13.8. The summed E-state index contributed by atoms with van der Waals surface area (Å²) in [6.07, 6.45) is 2.10. The normalized spacial score (nSPS) is 10.1. The zero-order valence-electron chi connectivity index (χ0n) is 10.4. The van der Waals surface area contributed by atoms with Gasteiger partial charge in [0.1, 0.15) is 0 Å². The molecule has 3 nitrogen and oxygen atoms in total. The molecule has 0 atom stereocenters. The van der Waals surface area contributed by atoms with Gasteiger partial charge in [0.25, 0.3) is 0 Å². The molecule has 0 radical (unpaired) electrons. The van der Waals surface area contributed by atoms with Crippen LogP contribution in [-0.2, 0) is 6.54 Å². The van der Waals surface area contributed by atoms with Gasteiger partial charge in [0.15, 0.2) is 0 Å². The fraction of sp³-hybridized carbons (Fsp3) is 0.462. The van der Waals surface area contributed by atoms with E-state index in [1.807, 2.05) is 24.3 Å². The Labute approximate surface area is 108 Å². The van der Waals surface area contributed by atoms with Gasteiger partial charge in [0.05, 0.1) is 0 Å². The lowest BCUT2D eigenvalue weighted by molar-refractivity contribution is 0.207. The maximum Gasteiger partial charge on any atom is 0.317 e. The summed E-state index contributed by atoms with van der Waals surface area (Å²) in [5.74, 6) is 0. The van der Waals surface area contributed by atoms with E-state index in [1.54, 1.807) is 11.9 Å². The number of carbonyl (C=O) groups excluding carboxylic acids is 1. The summed E-state index contributed by atoms with van der Waals surface area (Å²) in [4.78, 5) is 13.3. The average molecular weight is 255 g/mol. The fourth-order valence-corrected chi connectivity index (χ4v) is 1.57. The van der Waals surface area contributed by atoms with Crippen LogP contribution >= 0.6 is 11.6 Å². The molecule has 0 aliphatic rings. The molecule has 4 heteroatoms. The molecule has 0 aliphatic heterocycles. The van der Waals surface area contributed by atoms with E-state index in [0.717, 1.165) is 24.9 Å². The first-order valence-corrected chi connectivity index (χ1v) is 6.24. The third kappa shape index (κ3) is 5.09. The molecule has 1 N–H and O–H groups in total. The third-order valence-electron chi connectivity index (χ3n) is 2.49. The van der Waals surface area contributed by atoms with Crippen molar-refractivity contribution in [3.8, 4) is 0 Å². The largest absolute Gasteiger partial charge is 0.338 e. The van der Waals surface area contributed by atoms with Crippen LogP contribution < -0.4 is 5.32 Å². The molecule has 0 fully saturated rings. The molecule has 0 unspecified atom stereocenters. The smallest absolute Gasteiger partial charge is 0.317 e. The maximum absolute atomic E-state index is 11.7. The van der Waals surface area contributed by atoms with Gasteiger partial charge < -0.3 is 10.2 Å². The number of hydrogen-bond donors (Lipinski definition) is 1. The minimum atomic E-state index is -0.0339. The highest BCUT2D eigenvalue weighted by Gasteiger charge is 2.07. The van der Waals surface area contributed by atoms with E-state index in [-0.39, 0.29) is 6.03 Å². The van der Waals surface area contributed by atoms with Crippen LogP contribution in [0, 0.1) is 0 Å². The second kappa shape index (κ2) is 7.17. The van der Waals surface area contributed by atoms with Gasteiger partial charge in [0.2, 0.25) is 0 Å². The lowest BCUT2D eigenvalue weighted by Crippen LogP contribution is -2.37. The van der Waals surface area contributed by atoms with E-state index in [0.29, 0.717) is 11.6 Å². The summed E-state index contributed by atoms with van der Waals surface area (Å²) in [6, 6.07) is 7.49. The number of nitrogens with zero attached hydrogens (tertiary/aromatic N) is 1. The molecule has 1 rings (SSSR count). The van der Waals surface area contributed by atoms with E-state index >= 15 is 0 Å². The van der Waals surface area contributed by atoms with Crippen molar-refractivity contribution in [2.45, 2.75) is 26.3 Å². The molecule has 0 aliphatic carbocycles. The van der Waals surface area contributed by atoms with E-state index < -0.39 is 0 Å². The van der Waals surface area contributed by atoms with E-state index in [9.17, 15) is 4.79 Å². The van der Waals surface area contributed by atoms with Crippen molar-refractivity contribution in [3.63, 3.8) is 0 Å². The minimum absolute atomic E-state index is 0.0339. The number of nitrogens with one attached hydrogen (secondary N) is 1. The molecule has 17 heavy (non-hydrogen) atoms. The number of urea groups is 1. The van der Waals surface area contributed by atoms with Gasteiger partial charge in [-0.05, 0) is 24.1 Å². The Hall–Kier alpha value is -1.22. The average Bonchev–Trinajstić information content (AvgIpc) is 2.32. The van der Waals surface area contributed by atoms with Gasteiger partial charge in [-0.15, -0.1) is 0 Å². The predicted octanol–water partition coefficient (Wildman–Crippen LogP) is 3.28. The summed E-state index contributed by atoms with van der Waals surface area (Å²) >= 11 is 5.80. The molecular formula is C13H19ClN2O. The van der Waals surface area contributed by atoms with Gasteiger partial charge in [-0.25, -0.2) is 4.79 Å². The van der Waals surface area contributed by atoms with Crippen molar-refractivity contribution in [2.24, 2.45) is 0 Å². The second-order valence-electron chi connectivity index (χ2n) is 4.07. The van der Waals surface area contributed by atoms with E-state index in [2.05, 4.69) is 12.2 Å². The summed E-state index contributed by atoms with van der Waals surface area (Å²) < 4.78 is 0. The highest BCUT2D eigenvalue weighted by molar-refractivity contribution is 6.30.